The molecule has 192 valence electrons. The lowest BCUT2D eigenvalue weighted by molar-refractivity contribution is 0.0235. The number of nitrogens with zero attached hydrogens (tertiary/aromatic N) is 2. The number of hydrogen-bond acceptors (Lipinski definition) is 4. The van der Waals surface area contributed by atoms with Crippen LogP contribution in [0.25, 0.3) is 0 Å². The molecule has 35 heavy (non-hydrogen) atoms. The largest absolute Gasteiger partial charge is 0.381 e. The molecule has 0 radical (unpaired) electrons. The molecule has 1 aromatic heterocycles. The molecular formula is C29H40Cl2N2OS. The SMILES string of the molecule is COC(CC1CCN(C[C@H]2CN(Cc3ccc(Cl)cc3Cl)C[C@@H]2c2ccsc2)CC1)C1CCCC1. The van der Waals surface area contributed by atoms with Gasteiger partial charge in [-0.3, -0.25) is 4.90 Å². The Morgan fingerprint density at radius 2 is 1.83 bits per heavy atom. The van der Waals surface area contributed by atoms with Crippen molar-refractivity contribution in [2.45, 2.75) is 63.5 Å². The van der Waals surface area contributed by atoms with Gasteiger partial charge >= 0.3 is 0 Å². The Morgan fingerprint density at radius 1 is 1.03 bits per heavy atom. The van der Waals surface area contributed by atoms with E-state index < -0.39 is 0 Å². The number of hydrogen-bond donors (Lipinski definition) is 0. The van der Waals surface area contributed by atoms with Gasteiger partial charge in [0.2, 0.25) is 0 Å². The Labute approximate surface area is 225 Å². The van der Waals surface area contributed by atoms with Crippen molar-refractivity contribution in [2.24, 2.45) is 17.8 Å². The van der Waals surface area contributed by atoms with Crippen molar-refractivity contribution in [2.75, 3.05) is 39.8 Å². The van der Waals surface area contributed by atoms with Crippen LogP contribution < -0.4 is 0 Å². The van der Waals surface area contributed by atoms with Crippen LogP contribution in [0.1, 0.15) is 62.0 Å². The second-order valence-corrected chi connectivity index (χ2v) is 12.8. The van der Waals surface area contributed by atoms with Crippen LogP contribution in [0.4, 0.5) is 0 Å². The summed E-state index contributed by atoms with van der Waals surface area (Å²) < 4.78 is 5.97. The molecule has 1 saturated carbocycles. The fourth-order valence-corrected chi connectivity index (χ4v) is 8.10. The summed E-state index contributed by atoms with van der Waals surface area (Å²) in [5.74, 6) is 2.90. The minimum absolute atomic E-state index is 0.486. The Bertz CT molecular complexity index is 925. The zero-order chi connectivity index (χ0) is 24.2. The summed E-state index contributed by atoms with van der Waals surface area (Å²) in [6, 6.07) is 8.24. The summed E-state index contributed by atoms with van der Waals surface area (Å²) in [7, 11) is 1.94. The zero-order valence-corrected chi connectivity index (χ0v) is 23.3. The molecule has 0 bridgehead atoms. The minimum atomic E-state index is 0.486. The molecular weight excluding hydrogens is 495 g/mol. The first-order chi connectivity index (χ1) is 17.1. The van der Waals surface area contributed by atoms with Crippen LogP contribution in [-0.2, 0) is 11.3 Å². The molecule has 3 atom stereocenters. The van der Waals surface area contributed by atoms with Crippen LogP contribution in [0.15, 0.2) is 35.0 Å². The summed E-state index contributed by atoms with van der Waals surface area (Å²) in [5.41, 5.74) is 2.69. The van der Waals surface area contributed by atoms with Gasteiger partial charge in [-0.2, -0.15) is 11.3 Å². The lowest BCUT2D eigenvalue weighted by Crippen LogP contribution is -2.39. The number of methoxy groups -OCH3 is 1. The summed E-state index contributed by atoms with van der Waals surface area (Å²) in [4.78, 5) is 5.34. The normalized spacial score (nSPS) is 26.0. The fourth-order valence-electron chi connectivity index (χ4n) is 6.90. The van der Waals surface area contributed by atoms with E-state index in [1.807, 2.05) is 30.6 Å². The summed E-state index contributed by atoms with van der Waals surface area (Å²) in [6.45, 7) is 6.81. The van der Waals surface area contributed by atoms with Gasteiger partial charge in [-0.15, -0.1) is 0 Å². The molecule has 2 saturated heterocycles. The number of piperidine rings is 1. The molecule has 3 nitrogen and oxygen atoms in total. The number of rotatable bonds is 9. The van der Waals surface area contributed by atoms with Crippen LogP contribution in [0, 0.1) is 17.8 Å². The van der Waals surface area contributed by atoms with Crippen LogP contribution in [0.3, 0.4) is 0 Å². The van der Waals surface area contributed by atoms with Gasteiger partial charge in [-0.05, 0) is 103 Å². The highest BCUT2D eigenvalue weighted by atomic mass is 35.5. The van der Waals surface area contributed by atoms with Gasteiger partial charge in [-0.1, -0.05) is 42.1 Å². The van der Waals surface area contributed by atoms with Gasteiger partial charge in [0.1, 0.15) is 0 Å². The van der Waals surface area contributed by atoms with Crippen molar-refractivity contribution >= 4 is 34.5 Å². The van der Waals surface area contributed by atoms with Crippen LogP contribution in [0.2, 0.25) is 10.0 Å². The molecule has 3 fully saturated rings. The molecule has 6 heteroatoms. The van der Waals surface area contributed by atoms with E-state index in [2.05, 4.69) is 32.7 Å². The second kappa shape index (κ2) is 12.3. The average molecular weight is 536 g/mol. The van der Waals surface area contributed by atoms with E-state index >= 15 is 0 Å². The summed E-state index contributed by atoms with van der Waals surface area (Å²) in [5, 5.41) is 6.07. The molecule has 0 amide bonds. The number of ether oxygens (including phenoxy) is 1. The Morgan fingerprint density at radius 3 is 2.51 bits per heavy atom. The van der Waals surface area contributed by atoms with Gasteiger partial charge in [-0.25, -0.2) is 0 Å². The highest BCUT2D eigenvalue weighted by Crippen LogP contribution is 2.38. The first-order valence-corrected chi connectivity index (χ1v) is 15.2. The molecule has 3 heterocycles. The lowest BCUT2D eigenvalue weighted by Gasteiger charge is -2.36. The maximum absolute atomic E-state index is 6.51. The van der Waals surface area contributed by atoms with E-state index in [1.165, 1.54) is 75.7 Å². The predicted molar refractivity (Wildman–Crippen MR) is 149 cm³/mol. The van der Waals surface area contributed by atoms with Crippen LogP contribution in [-0.4, -0.2) is 55.7 Å². The van der Waals surface area contributed by atoms with E-state index in [0.29, 0.717) is 23.0 Å². The standard InChI is InChI=1S/C29H40Cl2N2OS/c1-34-29(22-4-2-3-5-22)14-21-8-11-32(12-9-21)17-25-18-33(19-27(25)24-10-13-35-20-24)16-23-6-7-26(30)15-28(23)31/h6-7,10,13,15,20-22,25,27,29H,2-5,8-9,11-12,14,16-19H2,1H3/t25-,27+,29?/m0/s1. The molecule has 1 aromatic carbocycles. The molecule has 1 aliphatic carbocycles. The third-order valence-electron chi connectivity index (χ3n) is 8.89. The maximum Gasteiger partial charge on any atom is 0.0602 e. The second-order valence-electron chi connectivity index (χ2n) is 11.2. The first-order valence-electron chi connectivity index (χ1n) is 13.5. The molecule has 0 spiro atoms. The van der Waals surface area contributed by atoms with Gasteiger partial charge in [0.25, 0.3) is 0 Å². The van der Waals surface area contributed by atoms with E-state index in [9.17, 15) is 0 Å². The molecule has 1 unspecified atom stereocenters. The van der Waals surface area contributed by atoms with Crippen molar-refractivity contribution in [1.82, 2.24) is 9.80 Å². The Hall–Kier alpha value is -0.620. The topological polar surface area (TPSA) is 15.7 Å². The first kappa shape index (κ1) is 26.0. The maximum atomic E-state index is 6.51. The zero-order valence-electron chi connectivity index (χ0n) is 21.0. The molecule has 2 aliphatic heterocycles. The molecule has 0 N–H and O–H groups in total. The predicted octanol–water partition coefficient (Wildman–Crippen LogP) is 7.58. The fraction of sp³-hybridized carbons (Fsp3) is 0.655. The van der Waals surface area contributed by atoms with Gasteiger partial charge < -0.3 is 9.64 Å². The van der Waals surface area contributed by atoms with Gasteiger partial charge in [0, 0.05) is 49.3 Å². The number of benzene rings is 1. The van der Waals surface area contributed by atoms with Crippen LogP contribution >= 0.6 is 34.5 Å². The lowest BCUT2D eigenvalue weighted by atomic mass is 9.85. The summed E-state index contributed by atoms with van der Waals surface area (Å²) in [6.07, 6.45) is 9.96. The Balaban J connectivity index is 1.16. The quantitative estimate of drug-likeness (QED) is 0.329. The van der Waals surface area contributed by atoms with E-state index in [4.69, 9.17) is 27.9 Å². The van der Waals surface area contributed by atoms with Crippen molar-refractivity contribution in [3.05, 3.63) is 56.2 Å². The summed E-state index contributed by atoms with van der Waals surface area (Å²) >= 11 is 14.5. The number of halogens is 2. The third kappa shape index (κ3) is 6.64. The molecule has 3 aliphatic rings. The van der Waals surface area contributed by atoms with Crippen molar-refractivity contribution in [1.29, 1.82) is 0 Å². The molecule has 5 rings (SSSR count). The molecule has 2 aromatic rings. The van der Waals surface area contributed by atoms with E-state index in [1.54, 1.807) is 0 Å². The highest BCUT2D eigenvalue weighted by molar-refractivity contribution is 7.08. The van der Waals surface area contributed by atoms with E-state index in [0.717, 1.165) is 36.5 Å². The third-order valence-corrected chi connectivity index (χ3v) is 10.2. The van der Waals surface area contributed by atoms with Crippen molar-refractivity contribution < 1.29 is 4.74 Å². The minimum Gasteiger partial charge on any atom is -0.381 e. The number of likely N-dealkylation sites (tertiary alicyclic amines) is 2. The Kier molecular flexibility index (Phi) is 9.13. The highest BCUT2D eigenvalue weighted by Gasteiger charge is 2.36. The van der Waals surface area contributed by atoms with Gasteiger partial charge in [0.15, 0.2) is 0 Å². The van der Waals surface area contributed by atoms with E-state index in [-0.39, 0.29) is 0 Å². The van der Waals surface area contributed by atoms with Gasteiger partial charge in [0.05, 0.1) is 6.10 Å². The van der Waals surface area contributed by atoms with Crippen LogP contribution in [0.5, 0.6) is 0 Å². The average Bonchev–Trinajstić information content (AvgIpc) is 3.63. The number of thiophene rings is 1. The van der Waals surface area contributed by atoms with Crippen molar-refractivity contribution in [3.8, 4) is 0 Å². The monoisotopic (exact) mass is 534 g/mol. The smallest absolute Gasteiger partial charge is 0.0602 e. The van der Waals surface area contributed by atoms with Crippen molar-refractivity contribution in [3.63, 3.8) is 0 Å².